The molecule has 4 N–H and O–H groups in total. The van der Waals surface area contributed by atoms with E-state index in [4.69, 9.17) is 30.3 Å². The van der Waals surface area contributed by atoms with Gasteiger partial charge in [-0.1, -0.05) is 48.8 Å². The van der Waals surface area contributed by atoms with Crippen LogP contribution in [0.5, 0.6) is 11.5 Å². The number of thiazole rings is 1. The summed E-state index contributed by atoms with van der Waals surface area (Å²) >= 11 is 8.09. The molecule has 20 nitrogen and oxygen atoms in total. The Bertz CT molecular complexity index is 3140. The highest BCUT2D eigenvalue weighted by atomic mass is 35.5. The molecule has 2 saturated heterocycles. The molecule has 0 unspecified atom stereocenters. The Labute approximate surface area is 465 Å². The number of nitrogens with one attached hydrogen (secondary N) is 2. The minimum Gasteiger partial charge on any atom is -0.507 e. The molecule has 0 saturated carbocycles. The highest BCUT2D eigenvalue weighted by Crippen LogP contribution is 2.43. The van der Waals surface area contributed by atoms with Crippen LogP contribution in [0.2, 0.25) is 5.02 Å². The van der Waals surface area contributed by atoms with Crippen molar-refractivity contribution in [2.45, 2.75) is 72.1 Å². The Kier molecular flexibility index (Phi) is 19.3. The molecule has 0 radical (unpaired) electrons. The Balaban J connectivity index is 0.803. The lowest BCUT2D eigenvalue weighted by molar-refractivity contribution is -0.141. The van der Waals surface area contributed by atoms with Crippen molar-refractivity contribution in [3.8, 4) is 33.1 Å². The number of aryl methyl sites for hydroxylation is 2. The smallest absolute Gasteiger partial charge is 0.243 e. The summed E-state index contributed by atoms with van der Waals surface area (Å²) in [5.41, 5.74) is 3.92. The Morgan fingerprint density at radius 2 is 1.72 bits per heavy atom. The topological polar surface area (TPSA) is 238 Å². The Morgan fingerprint density at radius 1 is 0.975 bits per heavy atom. The van der Waals surface area contributed by atoms with E-state index in [1.807, 2.05) is 43.9 Å². The van der Waals surface area contributed by atoms with E-state index < -0.39 is 46.9 Å². The molecule has 0 aliphatic carbocycles. The van der Waals surface area contributed by atoms with E-state index in [2.05, 4.69) is 30.7 Å². The van der Waals surface area contributed by atoms with Crippen LogP contribution in [0.25, 0.3) is 32.5 Å². The Hall–Kier alpha value is -7.05. The standard InChI is InChI=1S/C55H65ClF2N10O10S/c1-31(2)46(44-24-32(3)64-78-44)54(74)68-29-37(70)26-41(68)53(73)60-28-36-11-10-35(51-33(4)61-30-79-51)25-43(36)77-23-22-76-21-20-75-19-18-65(6)45(72)12-13-59-55-62-50-38(52(63-55)67-16-14-66(15-17-67)34(5)69)27-39(56)47(49(50)58)48-40(57)8-7-9-42(48)71/h7-11,24-25,27,30-31,37,41,46,70-71H,12-23,26,28-29H2,1-6H3,(H,60,73)(H,59,62,63)/t37-,41+,46+/m1/s1. The first kappa shape index (κ1) is 58.1. The van der Waals surface area contributed by atoms with Gasteiger partial charge in [-0.3, -0.25) is 19.2 Å². The van der Waals surface area contributed by atoms with Gasteiger partial charge >= 0.3 is 0 Å². The maximum atomic E-state index is 16.5. The van der Waals surface area contributed by atoms with Gasteiger partial charge in [0.25, 0.3) is 0 Å². The zero-order valence-electron chi connectivity index (χ0n) is 44.9. The number of phenolic OH excluding ortho intramolecular Hbond substituents is 1. The normalized spacial score (nSPS) is 16.0. The van der Waals surface area contributed by atoms with Crippen molar-refractivity contribution in [1.82, 2.24) is 40.1 Å². The number of halogens is 3. The molecule has 0 bridgehead atoms. The summed E-state index contributed by atoms with van der Waals surface area (Å²) in [7, 11) is 1.65. The fourth-order valence-corrected chi connectivity index (χ4v) is 10.7. The van der Waals surface area contributed by atoms with Crippen LogP contribution < -0.4 is 20.3 Å². The number of likely N-dealkylation sites (N-methyl/N-ethyl adjacent to an activating group) is 1. The van der Waals surface area contributed by atoms with Crippen LogP contribution in [-0.4, -0.2) is 167 Å². The number of carbonyl (C=O) groups is 4. The number of aromatic hydroxyl groups is 1. The van der Waals surface area contributed by atoms with Crippen molar-refractivity contribution < 1.29 is 56.9 Å². The second-order valence-electron chi connectivity index (χ2n) is 19.8. The second-order valence-corrected chi connectivity index (χ2v) is 21.1. The average molecular weight is 1130 g/mol. The number of aromatic nitrogens is 4. The number of fused-ring (bicyclic) bond motifs is 1. The van der Waals surface area contributed by atoms with Crippen LogP contribution in [0.3, 0.4) is 0 Å². The van der Waals surface area contributed by atoms with Crippen LogP contribution in [-0.2, 0) is 35.2 Å². The van der Waals surface area contributed by atoms with Crippen molar-refractivity contribution >= 4 is 69.2 Å². The number of ether oxygens (including phenoxy) is 3. The van der Waals surface area contributed by atoms with Gasteiger partial charge in [0.15, 0.2) is 5.82 Å². The number of likely N-dealkylation sites (tertiary alicyclic amines) is 1. The third-order valence-corrected chi connectivity index (χ3v) is 15.2. The summed E-state index contributed by atoms with van der Waals surface area (Å²) in [5, 5.41) is 31.2. The Morgan fingerprint density at radius 3 is 2.41 bits per heavy atom. The number of anilines is 2. The summed E-state index contributed by atoms with van der Waals surface area (Å²) in [6, 6.07) is 11.6. The van der Waals surface area contributed by atoms with Crippen LogP contribution in [0, 0.1) is 31.4 Å². The molecule has 4 amide bonds. The fraction of sp³-hybridized carbons (Fsp3) is 0.455. The van der Waals surface area contributed by atoms with Gasteiger partial charge in [0.1, 0.15) is 53.0 Å². The highest BCUT2D eigenvalue weighted by molar-refractivity contribution is 7.13. The lowest BCUT2D eigenvalue weighted by Crippen LogP contribution is -2.48. The summed E-state index contributed by atoms with van der Waals surface area (Å²) in [6.07, 6.45) is -0.747. The number of aliphatic hydroxyl groups is 1. The zero-order chi connectivity index (χ0) is 56.5. The van der Waals surface area contributed by atoms with Gasteiger partial charge in [0.05, 0.1) is 64.9 Å². The van der Waals surface area contributed by atoms with Crippen molar-refractivity contribution in [3.05, 3.63) is 93.4 Å². The number of β-amino-alcohol motifs (C(OH)–C–C–N with tert-alkyl or cyclic N) is 1. The molecular weight excluding hydrogens is 1070 g/mol. The molecule has 2 aliphatic rings. The molecule has 24 heteroatoms. The quantitative estimate of drug-likeness (QED) is 0.0487. The van der Waals surface area contributed by atoms with Crippen molar-refractivity contribution in [2.24, 2.45) is 5.92 Å². The first-order valence-corrected chi connectivity index (χ1v) is 27.3. The van der Waals surface area contributed by atoms with Crippen LogP contribution in [0.1, 0.15) is 62.2 Å². The van der Waals surface area contributed by atoms with E-state index in [-0.39, 0.29) is 123 Å². The lowest BCUT2D eigenvalue weighted by Gasteiger charge is -2.35. The number of hydrogen-bond donors (Lipinski definition) is 4. The van der Waals surface area contributed by atoms with E-state index in [0.717, 1.165) is 22.2 Å². The zero-order valence-corrected chi connectivity index (χ0v) is 46.5. The van der Waals surface area contributed by atoms with Gasteiger partial charge in [0.2, 0.25) is 29.6 Å². The van der Waals surface area contributed by atoms with Gasteiger partial charge < -0.3 is 59.2 Å². The van der Waals surface area contributed by atoms with E-state index in [0.29, 0.717) is 54.8 Å². The third-order valence-electron chi connectivity index (χ3n) is 13.9. The van der Waals surface area contributed by atoms with Gasteiger partial charge in [-0.25, -0.2) is 18.7 Å². The van der Waals surface area contributed by atoms with Crippen molar-refractivity contribution in [1.29, 1.82) is 0 Å². The maximum Gasteiger partial charge on any atom is 0.243 e. The molecule has 79 heavy (non-hydrogen) atoms. The van der Waals surface area contributed by atoms with Crippen LogP contribution >= 0.6 is 22.9 Å². The molecule has 3 aromatic heterocycles. The van der Waals surface area contributed by atoms with Gasteiger partial charge in [-0.05, 0) is 49.6 Å². The summed E-state index contributed by atoms with van der Waals surface area (Å²) in [6.45, 7) is 12.2. The SMILES string of the molecule is CC(=O)N1CCN(c2nc(NCCC(=O)N(C)CCOCCOCCOc3cc(-c4scnc4C)ccc3CNC(=O)[C@@H]3C[C@@H](O)CN3C(=O)[C@H](c3cc(C)no3)C(C)C)nc3c(F)c(-c4c(O)cccc4F)c(Cl)cc23)CC1. The monoisotopic (exact) mass is 1130 g/mol. The number of hydrogen-bond acceptors (Lipinski definition) is 17. The van der Waals surface area contributed by atoms with Crippen LogP contribution in [0.4, 0.5) is 20.5 Å². The van der Waals surface area contributed by atoms with Crippen molar-refractivity contribution in [3.63, 3.8) is 0 Å². The van der Waals surface area contributed by atoms with Crippen molar-refractivity contribution in [2.75, 3.05) is 96.1 Å². The van der Waals surface area contributed by atoms with E-state index in [9.17, 15) is 29.4 Å². The number of carbonyl (C=O) groups excluding carboxylic acids is 4. The molecule has 3 aromatic carbocycles. The molecule has 2 fully saturated rings. The first-order chi connectivity index (χ1) is 37.9. The van der Waals surface area contributed by atoms with Gasteiger partial charge in [-0.2, -0.15) is 4.98 Å². The predicted molar refractivity (Wildman–Crippen MR) is 293 cm³/mol. The predicted octanol–water partition coefficient (Wildman–Crippen LogP) is 6.72. The summed E-state index contributed by atoms with van der Waals surface area (Å²) in [5.74, 6) is -2.89. The molecule has 422 valence electrons. The molecule has 8 rings (SSSR count). The average Bonchev–Trinajstić information content (AvgIpc) is 4.34. The third kappa shape index (κ3) is 13.9. The molecule has 3 atom stereocenters. The summed E-state index contributed by atoms with van der Waals surface area (Å²) < 4.78 is 54.8. The van der Waals surface area contributed by atoms with E-state index in [1.165, 1.54) is 46.3 Å². The second kappa shape index (κ2) is 26.3. The number of benzene rings is 3. The molecule has 6 aromatic rings. The number of aliphatic hydroxyl groups excluding tert-OH is 1. The van der Waals surface area contributed by atoms with Crippen LogP contribution in [0.15, 0.2) is 58.6 Å². The van der Waals surface area contributed by atoms with Gasteiger partial charge in [-0.15, -0.1) is 11.3 Å². The molecular formula is C55H65ClF2N10O10S. The highest BCUT2D eigenvalue weighted by Gasteiger charge is 2.43. The minimum absolute atomic E-state index is 0.00831. The molecule has 0 spiro atoms. The number of nitrogens with zero attached hydrogens (tertiary/aromatic N) is 8. The largest absolute Gasteiger partial charge is 0.507 e. The maximum absolute atomic E-state index is 16.5. The lowest BCUT2D eigenvalue weighted by atomic mass is 9.91. The minimum atomic E-state index is -0.966. The number of rotatable bonds is 23. The number of phenols is 1. The fourth-order valence-electron chi connectivity index (χ4n) is 9.66. The van der Waals surface area contributed by atoms with E-state index in [1.54, 1.807) is 30.4 Å². The molecule has 2 aliphatic heterocycles. The summed E-state index contributed by atoms with van der Waals surface area (Å²) in [4.78, 5) is 74.0. The number of piperazine rings is 1. The van der Waals surface area contributed by atoms with Gasteiger partial charge in [0, 0.05) is 102 Å². The number of amides is 4. The first-order valence-electron chi connectivity index (χ1n) is 26.1. The van der Waals surface area contributed by atoms with E-state index >= 15 is 8.78 Å². The molecule has 5 heterocycles.